The molecule has 6 heteroatoms. The number of ether oxygens (including phenoxy) is 1. The lowest BCUT2D eigenvalue weighted by Crippen LogP contribution is -2.46. The van der Waals surface area contributed by atoms with E-state index in [1.165, 1.54) is 89.9 Å². The minimum Gasteiger partial charge on any atom is -0.462 e. The molecule has 0 radical (unpaired) electrons. The summed E-state index contributed by atoms with van der Waals surface area (Å²) >= 11 is 0. The van der Waals surface area contributed by atoms with Crippen LogP contribution in [0.25, 0.3) is 0 Å². The number of hydrogen-bond donors (Lipinski definition) is 3. The highest BCUT2D eigenvalue weighted by atomic mass is 16.5. The van der Waals surface area contributed by atoms with Gasteiger partial charge in [0.25, 0.3) is 0 Å². The van der Waals surface area contributed by atoms with Crippen LogP contribution in [0.15, 0.2) is 97.2 Å². The summed E-state index contributed by atoms with van der Waals surface area (Å²) in [7, 11) is 0. The van der Waals surface area contributed by atoms with Gasteiger partial charge in [-0.25, -0.2) is 0 Å². The van der Waals surface area contributed by atoms with Crippen LogP contribution in [0, 0.1) is 0 Å². The van der Waals surface area contributed by atoms with Gasteiger partial charge in [0.15, 0.2) is 0 Å². The molecule has 0 saturated heterocycles. The Kier molecular flexibility index (Phi) is 47.2. The van der Waals surface area contributed by atoms with E-state index in [9.17, 15) is 19.8 Å². The van der Waals surface area contributed by atoms with E-state index >= 15 is 0 Å². The number of aliphatic hydroxyl groups excluding tert-OH is 2. The van der Waals surface area contributed by atoms with Crippen molar-refractivity contribution >= 4 is 11.9 Å². The van der Waals surface area contributed by atoms with Crippen LogP contribution in [-0.2, 0) is 14.3 Å². The Morgan fingerprint density at radius 1 is 0.492 bits per heavy atom. The molecule has 0 bridgehead atoms. The average molecular weight is 876 g/mol. The standard InChI is InChI=1S/C57H97NO5/c1-4-7-10-13-16-19-22-25-27-28-29-31-34-37-40-43-46-49-55(60)54(52-59)58-56(61)51-53(48-45-42-39-36-33-30-24-21-18-15-12-9-6-3)63-57(62)50-47-44-41-38-35-32-26-23-20-17-14-11-8-5-2/h8-9,11-12,15,17-18,20-21,24,26,30,32-33,36,39,53-55,59-60H,4-7,10,13-14,16,19,22-23,25,27-29,31,34-35,37-38,40-52H2,1-3H3,(H,58,61)/b11-8+,12-9+,18-15+,20-17+,24-21-,32-26+,33-30-,39-36+. The highest BCUT2D eigenvalue weighted by Crippen LogP contribution is 2.17. The molecule has 6 nitrogen and oxygen atoms in total. The molecule has 63 heavy (non-hydrogen) atoms. The first kappa shape index (κ1) is 59.8. The van der Waals surface area contributed by atoms with Gasteiger partial charge in [0.1, 0.15) is 6.10 Å². The summed E-state index contributed by atoms with van der Waals surface area (Å²) in [4.78, 5) is 26.1. The second-order valence-corrected chi connectivity index (χ2v) is 17.3. The number of carbonyl (C=O) groups excluding carboxylic acids is 2. The van der Waals surface area contributed by atoms with Crippen molar-refractivity contribution in [3.05, 3.63) is 97.2 Å². The van der Waals surface area contributed by atoms with Gasteiger partial charge in [-0.1, -0.05) is 240 Å². The van der Waals surface area contributed by atoms with Gasteiger partial charge in [0.05, 0.1) is 25.2 Å². The summed E-state index contributed by atoms with van der Waals surface area (Å²) in [5.41, 5.74) is 0. The molecule has 0 aliphatic carbocycles. The topological polar surface area (TPSA) is 95.9 Å². The molecule has 360 valence electrons. The quantitative estimate of drug-likeness (QED) is 0.0245. The summed E-state index contributed by atoms with van der Waals surface area (Å²) < 4.78 is 5.88. The van der Waals surface area contributed by atoms with Crippen molar-refractivity contribution in [1.29, 1.82) is 0 Å². The van der Waals surface area contributed by atoms with Gasteiger partial charge in [-0.15, -0.1) is 0 Å². The monoisotopic (exact) mass is 876 g/mol. The molecule has 0 rings (SSSR count). The largest absolute Gasteiger partial charge is 0.462 e. The number of allylic oxidation sites excluding steroid dienone is 16. The Labute approximate surface area is 388 Å². The summed E-state index contributed by atoms with van der Waals surface area (Å²) in [5.74, 6) is -0.579. The number of rotatable bonds is 45. The zero-order chi connectivity index (χ0) is 45.9. The van der Waals surface area contributed by atoms with Gasteiger partial charge in [-0.3, -0.25) is 9.59 Å². The summed E-state index contributed by atoms with van der Waals surface area (Å²) in [6.45, 7) is 6.20. The fourth-order valence-corrected chi connectivity index (χ4v) is 7.41. The van der Waals surface area contributed by atoms with E-state index in [0.717, 1.165) is 89.9 Å². The van der Waals surface area contributed by atoms with E-state index in [0.29, 0.717) is 19.3 Å². The number of unbranched alkanes of at least 4 members (excludes halogenated alkanes) is 21. The Morgan fingerprint density at radius 3 is 1.51 bits per heavy atom. The zero-order valence-corrected chi connectivity index (χ0v) is 40.9. The first-order valence-electron chi connectivity index (χ1n) is 26.0. The molecule has 0 spiro atoms. The van der Waals surface area contributed by atoms with Gasteiger partial charge in [0, 0.05) is 6.42 Å². The average Bonchev–Trinajstić information content (AvgIpc) is 3.28. The maximum Gasteiger partial charge on any atom is 0.306 e. The molecule has 1 amide bonds. The van der Waals surface area contributed by atoms with E-state index < -0.39 is 18.2 Å². The SMILES string of the molecule is CC/C=C/C=C/C=C\C=C/C=C/CCCC(CC(=O)NC(CO)C(O)CCCCCCCCCCCCCCCCCCC)OC(=O)CCCCCC/C=C/C/C=C/C/C=C/CC. The normalized spacial score (nSPS) is 14.0. The van der Waals surface area contributed by atoms with Crippen molar-refractivity contribution in [2.75, 3.05) is 6.61 Å². The molecule has 0 aliphatic heterocycles. The molecule has 0 heterocycles. The number of aliphatic hydroxyl groups is 2. The van der Waals surface area contributed by atoms with Crippen molar-refractivity contribution in [2.45, 2.75) is 244 Å². The minimum atomic E-state index is -0.816. The van der Waals surface area contributed by atoms with Crippen molar-refractivity contribution in [3.63, 3.8) is 0 Å². The third kappa shape index (κ3) is 45.2. The van der Waals surface area contributed by atoms with E-state index in [4.69, 9.17) is 4.74 Å². The first-order valence-corrected chi connectivity index (χ1v) is 26.0. The van der Waals surface area contributed by atoms with Gasteiger partial charge in [0.2, 0.25) is 5.91 Å². The second-order valence-electron chi connectivity index (χ2n) is 17.3. The number of carbonyl (C=O) groups is 2. The van der Waals surface area contributed by atoms with Crippen LogP contribution >= 0.6 is 0 Å². The molecular weight excluding hydrogens is 779 g/mol. The lowest BCUT2D eigenvalue weighted by molar-refractivity contribution is -0.151. The van der Waals surface area contributed by atoms with Crippen LogP contribution in [0.3, 0.4) is 0 Å². The van der Waals surface area contributed by atoms with Crippen molar-refractivity contribution in [2.24, 2.45) is 0 Å². The molecule has 0 fully saturated rings. The van der Waals surface area contributed by atoms with Crippen LogP contribution < -0.4 is 5.32 Å². The number of esters is 1. The Hall–Kier alpha value is -3.22. The third-order valence-electron chi connectivity index (χ3n) is 11.3. The molecule has 0 aromatic carbocycles. The maximum absolute atomic E-state index is 13.2. The first-order chi connectivity index (χ1) is 31.0. The minimum absolute atomic E-state index is 0.0143. The van der Waals surface area contributed by atoms with Crippen molar-refractivity contribution < 1.29 is 24.5 Å². The van der Waals surface area contributed by atoms with Crippen LogP contribution in [0.2, 0.25) is 0 Å². The van der Waals surface area contributed by atoms with Gasteiger partial charge in [-0.05, 0) is 70.6 Å². The fraction of sp³-hybridized carbons (Fsp3) is 0.684. The Morgan fingerprint density at radius 2 is 0.952 bits per heavy atom. The van der Waals surface area contributed by atoms with Crippen molar-refractivity contribution in [1.82, 2.24) is 5.32 Å². The van der Waals surface area contributed by atoms with E-state index in [1.807, 2.05) is 48.6 Å². The second kappa shape index (κ2) is 49.8. The zero-order valence-electron chi connectivity index (χ0n) is 40.9. The number of hydrogen-bond acceptors (Lipinski definition) is 5. The lowest BCUT2D eigenvalue weighted by atomic mass is 10.0. The fourth-order valence-electron chi connectivity index (χ4n) is 7.41. The predicted molar refractivity (Wildman–Crippen MR) is 273 cm³/mol. The number of nitrogens with one attached hydrogen (secondary N) is 1. The van der Waals surface area contributed by atoms with Crippen molar-refractivity contribution in [3.8, 4) is 0 Å². The highest BCUT2D eigenvalue weighted by Gasteiger charge is 2.24. The summed E-state index contributed by atoms with van der Waals surface area (Å²) in [5, 5.41) is 23.8. The van der Waals surface area contributed by atoms with Crippen LogP contribution in [0.4, 0.5) is 0 Å². The summed E-state index contributed by atoms with van der Waals surface area (Å²) in [6.07, 6.45) is 66.2. The number of amides is 1. The molecule has 3 unspecified atom stereocenters. The molecule has 0 saturated carbocycles. The molecular formula is C57H97NO5. The summed E-state index contributed by atoms with van der Waals surface area (Å²) in [6, 6.07) is -0.735. The Balaban J connectivity index is 4.66. The molecule has 3 N–H and O–H groups in total. The van der Waals surface area contributed by atoms with E-state index in [1.54, 1.807) is 0 Å². The maximum atomic E-state index is 13.2. The molecule has 0 aromatic rings. The van der Waals surface area contributed by atoms with Gasteiger partial charge >= 0.3 is 5.97 Å². The van der Waals surface area contributed by atoms with Gasteiger partial charge in [-0.2, -0.15) is 0 Å². The molecule has 3 atom stereocenters. The van der Waals surface area contributed by atoms with Gasteiger partial charge < -0.3 is 20.3 Å². The Bertz CT molecular complexity index is 1260. The van der Waals surface area contributed by atoms with Crippen LogP contribution in [-0.4, -0.2) is 46.9 Å². The van der Waals surface area contributed by atoms with E-state index in [-0.39, 0.29) is 24.9 Å². The smallest absolute Gasteiger partial charge is 0.306 e. The molecule has 0 aromatic heterocycles. The third-order valence-corrected chi connectivity index (χ3v) is 11.3. The van der Waals surface area contributed by atoms with Crippen LogP contribution in [0.1, 0.15) is 226 Å². The lowest BCUT2D eigenvalue weighted by Gasteiger charge is -2.24. The molecule has 0 aliphatic rings. The van der Waals surface area contributed by atoms with E-state index in [2.05, 4.69) is 74.7 Å². The van der Waals surface area contributed by atoms with Crippen LogP contribution in [0.5, 0.6) is 0 Å². The highest BCUT2D eigenvalue weighted by molar-refractivity contribution is 5.77. The predicted octanol–water partition coefficient (Wildman–Crippen LogP) is 15.7.